The number of carbonyl (C=O) groups excluding carboxylic acids is 2. The van der Waals surface area contributed by atoms with Gasteiger partial charge in [-0.1, -0.05) is 24.3 Å². The minimum atomic E-state index is -0.856. The third-order valence-electron chi connectivity index (χ3n) is 4.47. The lowest BCUT2D eigenvalue weighted by atomic mass is 9.99. The van der Waals surface area contributed by atoms with Gasteiger partial charge in [-0.05, 0) is 58.6 Å². The molecule has 26 heavy (non-hydrogen) atoms. The van der Waals surface area contributed by atoms with E-state index in [1.165, 1.54) is 12.7 Å². The number of carbonyl (C=O) groups is 2. The van der Waals surface area contributed by atoms with Crippen molar-refractivity contribution in [3.63, 3.8) is 0 Å². The SMILES string of the molecule is COc1ccc(Br)c(C(=O)OC(C)C(=O)N2CCc3ccccc3C2)c1. The molecule has 0 fully saturated rings. The maximum Gasteiger partial charge on any atom is 0.340 e. The van der Waals surface area contributed by atoms with E-state index in [1.54, 1.807) is 30.0 Å². The molecule has 0 saturated heterocycles. The standard InChI is InChI=1S/C20H20BrNO4/c1-13(26-20(24)17-11-16(25-2)7-8-18(17)21)19(23)22-10-9-14-5-3-4-6-15(14)12-22/h3-8,11,13H,9-10,12H2,1-2H3. The highest BCUT2D eigenvalue weighted by Gasteiger charge is 2.27. The van der Waals surface area contributed by atoms with E-state index in [-0.39, 0.29) is 5.91 Å². The van der Waals surface area contributed by atoms with Gasteiger partial charge in [-0.3, -0.25) is 4.79 Å². The molecule has 1 aliphatic rings. The zero-order valence-electron chi connectivity index (χ0n) is 14.7. The van der Waals surface area contributed by atoms with Crippen molar-refractivity contribution in [1.29, 1.82) is 0 Å². The van der Waals surface area contributed by atoms with Crippen LogP contribution in [0.3, 0.4) is 0 Å². The Bertz CT molecular complexity index is 836. The molecule has 0 N–H and O–H groups in total. The summed E-state index contributed by atoms with van der Waals surface area (Å²) in [6.45, 7) is 2.77. The van der Waals surface area contributed by atoms with Gasteiger partial charge < -0.3 is 14.4 Å². The maximum atomic E-state index is 12.7. The monoisotopic (exact) mass is 417 g/mol. The second kappa shape index (κ2) is 7.91. The van der Waals surface area contributed by atoms with Gasteiger partial charge in [0.15, 0.2) is 6.10 Å². The Kier molecular flexibility index (Phi) is 5.61. The molecule has 0 aromatic heterocycles. The first-order chi connectivity index (χ1) is 12.5. The van der Waals surface area contributed by atoms with Gasteiger partial charge in [-0.25, -0.2) is 4.79 Å². The second-order valence-electron chi connectivity index (χ2n) is 6.17. The predicted molar refractivity (Wildman–Crippen MR) is 101 cm³/mol. The summed E-state index contributed by atoms with van der Waals surface area (Å²) in [5.41, 5.74) is 2.73. The number of hydrogen-bond donors (Lipinski definition) is 0. The van der Waals surface area contributed by atoms with Crippen molar-refractivity contribution >= 4 is 27.8 Å². The number of rotatable bonds is 4. The van der Waals surface area contributed by atoms with E-state index in [0.29, 0.717) is 28.9 Å². The second-order valence-corrected chi connectivity index (χ2v) is 7.03. The van der Waals surface area contributed by atoms with Crippen LogP contribution in [0.25, 0.3) is 0 Å². The molecule has 0 spiro atoms. The van der Waals surface area contributed by atoms with E-state index in [1.807, 2.05) is 18.2 Å². The zero-order valence-corrected chi connectivity index (χ0v) is 16.3. The summed E-state index contributed by atoms with van der Waals surface area (Å²) in [5, 5.41) is 0. The number of amides is 1. The highest BCUT2D eigenvalue weighted by Crippen LogP contribution is 2.24. The van der Waals surface area contributed by atoms with E-state index in [0.717, 1.165) is 12.0 Å². The van der Waals surface area contributed by atoms with Crippen LogP contribution in [0, 0.1) is 0 Å². The number of ether oxygens (including phenoxy) is 2. The number of nitrogens with zero attached hydrogens (tertiary/aromatic N) is 1. The van der Waals surface area contributed by atoms with Crippen molar-refractivity contribution in [2.45, 2.75) is 26.0 Å². The average molecular weight is 418 g/mol. The van der Waals surface area contributed by atoms with E-state index >= 15 is 0 Å². The number of methoxy groups -OCH3 is 1. The molecule has 1 heterocycles. The van der Waals surface area contributed by atoms with Crippen molar-refractivity contribution in [2.24, 2.45) is 0 Å². The van der Waals surface area contributed by atoms with Crippen LogP contribution in [-0.4, -0.2) is 36.5 Å². The van der Waals surface area contributed by atoms with E-state index in [4.69, 9.17) is 9.47 Å². The van der Waals surface area contributed by atoms with Crippen molar-refractivity contribution in [2.75, 3.05) is 13.7 Å². The van der Waals surface area contributed by atoms with Gasteiger partial charge in [-0.15, -0.1) is 0 Å². The van der Waals surface area contributed by atoms with Gasteiger partial charge in [0.25, 0.3) is 5.91 Å². The van der Waals surface area contributed by atoms with E-state index in [9.17, 15) is 9.59 Å². The highest BCUT2D eigenvalue weighted by atomic mass is 79.9. The molecule has 3 rings (SSSR count). The van der Waals surface area contributed by atoms with E-state index < -0.39 is 12.1 Å². The molecular formula is C20H20BrNO4. The molecular weight excluding hydrogens is 398 g/mol. The van der Waals surface area contributed by atoms with Crippen LogP contribution in [0.2, 0.25) is 0 Å². The number of halogens is 1. The van der Waals surface area contributed by atoms with Crippen LogP contribution in [0.1, 0.15) is 28.4 Å². The normalized spacial score (nSPS) is 14.3. The molecule has 0 aliphatic carbocycles. The largest absolute Gasteiger partial charge is 0.497 e. The Morgan fingerprint density at radius 2 is 1.88 bits per heavy atom. The molecule has 2 aromatic rings. The van der Waals surface area contributed by atoms with Crippen LogP contribution in [0.15, 0.2) is 46.9 Å². The highest BCUT2D eigenvalue weighted by molar-refractivity contribution is 9.10. The quantitative estimate of drug-likeness (QED) is 0.713. The molecule has 0 radical (unpaired) electrons. The fourth-order valence-electron chi connectivity index (χ4n) is 3.00. The smallest absolute Gasteiger partial charge is 0.340 e. The first-order valence-corrected chi connectivity index (χ1v) is 9.19. The summed E-state index contributed by atoms with van der Waals surface area (Å²) in [7, 11) is 1.53. The summed E-state index contributed by atoms with van der Waals surface area (Å²) in [5.74, 6) is -0.201. The van der Waals surface area contributed by atoms with Gasteiger partial charge >= 0.3 is 5.97 Å². The zero-order chi connectivity index (χ0) is 18.7. The summed E-state index contributed by atoms with van der Waals surface area (Å²) in [4.78, 5) is 26.9. The van der Waals surface area contributed by atoms with Gasteiger partial charge in [0.05, 0.1) is 12.7 Å². The van der Waals surface area contributed by atoms with Crippen molar-refractivity contribution in [3.05, 3.63) is 63.6 Å². The summed E-state index contributed by atoms with van der Waals surface area (Å²) in [6.07, 6.45) is -0.0461. The van der Waals surface area contributed by atoms with Gasteiger partial charge in [-0.2, -0.15) is 0 Å². The maximum absolute atomic E-state index is 12.7. The van der Waals surface area contributed by atoms with Gasteiger partial charge in [0.2, 0.25) is 0 Å². The lowest BCUT2D eigenvalue weighted by molar-refractivity contribution is -0.140. The number of hydrogen-bond acceptors (Lipinski definition) is 4. The third kappa shape index (κ3) is 3.90. The van der Waals surface area contributed by atoms with Gasteiger partial charge in [0.1, 0.15) is 5.75 Å². The summed E-state index contributed by atoms with van der Waals surface area (Å²) < 4.78 is 11.1. The summed E-state index contributed by atoms with van der Waals surface area (Å²) in [6, 6.07) is 13.1. The van der Waals surface area contributed by atoms with Gasteiger partial charge in [0, 0.05) is 17.6 Å². The van der Waals surface area contributed by atoms with Crippen molar-refractivity contribution < 1.29 is 19.1 Å². The summed E-state index contributed by atoms with van der Waals surface area (Å²) >= 11 is 3.33. The fraction of sp³-hybridized carbons (Fsp3) is 0.300. The number of fused-ring (bicyclic) bond motifs is 1. The van der Waals surface area contributed by atoms with Crippen molar-refractivity contribution in [1.82, 2.24) is 4.90 Å². The Hall–Kier alpha value is -2.34. The average Bonchev–Trinajstić information content (AvgIpc) is 2.67. The van der Waals surface area contributed by atoms with Crippen LogP contribution in [0.5, 0.6) is 5.75 Å². The molecule has 0 bridgehead atoms. The molecule has 6 heteroatoms. The lowest BCUT2D eigenvalue weighted by Crippen LogP contribution is -2.42. The van der Waals surface area contributed by atoms with Crippen LogP contribution in [-0.2, 0) is 22.5 Å². The minimum Gasteiger partial charge on any atom is -0.497 e. The lowest BCUT2D eigenvalue weighted by Gasteiger charge is -2.30. The van der Waals surface area contributed by atoms with Crippen LogP contribution in [0.4, 0.5) is 0 Å². The number of benzene rings is 2. The Labute approximate surface area is 161 Å². The molecule has 0 saturated carbocycles. The van der Waals surface area contributed by atoms with E-state index in [2.05, 4.69) is 22.0 Å². The fourth-order valence-corrected chi connectivity index (χ4v) is 3.41. The topological polar surface area (TPSA) is 55.8 Å². The van der Waals surface area contributed by atoms with Crippen LogP contribution < -0.4 is 4.74 Å². The molecule has 136 valence electrons. The van der Waals surface area contributed by atoms with Crippen molar-refractivity contribution in [3.8, 4) is 5.75 Å². The molecule has 1 unspecified atom stereocenters. The van der Waals surface area contributed by atoms with Crippen LogP contribution >= 0.6 is 15.9 Å². The molecule has 1 amide bonds. The Balaban J connectivity index is 1.67. The predicted octanol–water partition coefficient (Wildman–Crippen LogP) is 3.59. The third-order valence-corrected chi connectivity index (χ3v) is 5.16. The first kappa shape index (κ1) is 18.5. The molecule has 1 atom stereocenters. The Morgan fingerprint density at radius 3 is 2.62 bits per heavy atom. The first-order valence-electron chi connectivity index (χ1n) is 8.39. The Morgan fingerprint density at radius 1 is 1.15 bits per heavy atom. The molecule has 1 aliphatic heterocycles. The number of esters is 1. The minimum absolute atomic E-state index is 0.188. The molecule has 5 nitrogen and oxygen atoms in total. The molecule has 2 aromatic carbocycles.